The summed E-state index contributed by atoms with van der Waals surface area (Å²) in [6, 6.07) is 5.99. The molecule has 1 aromatic heterocycles. The molecule has 1 fully saturated rings. The maximum atomic E-state index is 13.2. The fourth-order valence-corrected chi connectivity index (χ4v) is 5.82. The summed E-state index contributed by atoms with van der Waals surface area (Å²) in [5.41, 5.74) is 7.52. The van der Waals surface area contributed by atoms with E-state index in [1.807, 2.05) is 20.8 Å². The van der Waals surface area contributed by atoms with Gasteiger partial charge in [0.15, 0.2) is 5.54 Å². The van der Waals surface area contributed by atoms with Gasteiger partial charge in [-0.1, -0.05) is 17.7 Å². The fourth-order valence-electron chi connectivity index (χ4n) is 3.93. The lowest BCUT2D eigenvalue weighted by atomic mass is 9.86. The number of hydrogen-bond acceptors (Lipinski definition) is 10. The molecule has 0 spiro atoms. The predicted molar refractivity (Wildman–Crippen MR) is 148 cm³/mol. The van der Waals surface area contributed by atoms with Gasteiger partial charge < -0.3 is 20.2 Å². The molecule has 12 nitrogen and oxygen atoms in total. The lowest BCUT2D eigenvalue weighted by Gasteiger charge is -2.54. The quantitative estimate of drug-likeness (QED) is 0.263. The lowest BCUT2D eigenvalue weighted by Crippen LogP contribution is -2.76. The number of aromatic amines is 1. The molecule has 2 aromatic rings. The van der Waals surface area contributed by atoms with E-state index in [4.69, 9.17) is 19.8 Å². The van der Waals surface area contributed by atoms with E-state index >= 15 is 0 Å². The minimum Gasteiger partial charge on any atom is -0.461 e. The van der Waals surface area contributed by atoms with Crippen molar-refractivity contribution < 1.29 is 36.8 Å². The van der Waals surface area contributed by atoms with Gasteiger partial charge in [0.1, 0.15) is 29.1 Å². The van der Waals surface area contributed by atoms with Gasteiger partial charge in [0, 0.05) is 23.9 Å². The molecule has 0 saturated carbocycles. The van der Waals surface area contributed by atoms with Crippen LogP contribution in [0.25, 0.3) is 0 Å². The fraction of sp³-hybridized carbons (Fsp3) is 0.462. The number of rotatable bonds is 5. The predicted octanol–water partition coefficient (Wildman–Crippen LogP) is 2.50. The van der Waals surface area contributed by atoms with Gasteiger partial charge >= 0.3 is 11.9 Å². The number of ether oxygens (including phenoxy) is 2. The minimum atomic E-state index is -4.02. The summed E-state index contributed by atoms with van der Waals surface area (Å²) in [5.74, 6) is -0.832. The molecule has 1 aromatic carbocycles. The van der Waals surface area contributed by atoms with Gasteiger partial charge in [-0.05, 0) is 53.7 Å². The van der Waals surface area contributed by atoms with Crippen molar-refractivity contribution in [3.8, 4) is 0 Å². The second-order valence-corrected chi connectivity index (χ2v) is 13.0. The van der Waals surface area contributed by atoms with E-state index in [0.29, 0.717) is 17.2 Å². The number of benzene rings is 1. The Kier molecular flexibility index (Phi) is 8.89. The van der Waals surface area contributed by atoms with Crippen LogP contribution in [0.4, 0.5) is 0 Å². The van der Waals surface area contributed by atoms with Crippen molar-refractivity contribution in [1.29, 1.82) is 0 Å². The van der Waals surface area contributed by atoms with Crippen LogP contribution in [0, 0.1) is 20.8 Å². The van der Waals surface area contributed by atoms with Crippen molar-refractivity contribution in [3.05, 3.63) is 58.3 Å². The van der Waals surface area contributed by atoms with Gasteiger partial charge in [0.25, 0.3) is 16.0 Å². The van der Waals surface area contributed by atoms with Crippen molar-refractivity contribution in [2.45, 2.75) is 69.9 Å². The number of aryl methyl sites for hydroxylation is 3. The number of esters is 2. The molecule has 0 radical (unpaired) electrons. The highest BCUT2D eigenvalue weighted by Crippen LogP contribution is 2.49. The molecule has 4 N–H and O–H groups in total. The molecular weight excluding hydrogens is 560 g/mol. The summed E-state index contributed by atoms with van der Waals surface area (Å²) < 4.78 is 40.1. The zero-order chi connectivity index (χ0) is 30.2. The molecule has 1 amide bonds. The molecule has 14 heteroatoms. The number of β-lactam (4-membered cyclic amide) rings is 1. The number of aromatic nitrogens is 2. The second kappa shape index (κ2) is 11.4. The molecule has 218 valence electrons. The molecule has 0 bridgehead atoms. The SMILES string of the molecule is CC(=O)OCC1=C(C(=O)OC(C)(C)C)N2C(=O)C(N)(c3nc(C)c(C)[nH]3)[C@@H]2SC1.Cc1ccc(S(=O)(=O)O)cc1. The molecule has 1 saturated heterocycles. The highest BCUT2D eigenvalue weighted by molar-refractivity contribution is 8.00. The first kappa shape index (κ1) is 31.3. The maximum absolute atomic E-state index is 13.2. The standard InChI is InChI=1S/C19H26N4O5S.C7H8O3S/c1-9-10(2)22-15(21-9)19(20)16(26)23-13(14(25)28-18(4,5)6)12(7-27-11(3)24)8-29-17(19)23;1-6-2-4-7(5-3-6)11(8,9)10/h17H,7-8,20H2,1-6H3,(H,21,22);2-5H,1H3,(H,8,9,10)/t17-,19?;/m0./s1. The first-order valence-corrected chi connectivity index (χ1v) is 14.8. The first-order valence-electron chi connectivity index (χ1n) is 12.3. The first-order chi connectivity index (χ1) is 18.4. The minimum absolute atomic E-state index is 0.0666. The molecule has 2 aliphatic rings. The normalized spacial score (nSPS) is 20.7. The molecule has 2 atom stereocenters. The summed E-state index contributed by atoms with van der Waals surface area (Å²) in [4.78, 5) is 46.1. The Hall–Kier alpha value is -3.20. The van der Waals surface area contributed by atoms with Crippen LogP contribution in [0.3, 0.4) is 0 Å². The number of nitrogens with two attached hydrogens (primary N) is 1. The van der Waals surface area contributed by atoms with Crippen LogP contribution in [0.1, 0.15) is 50.5 Å². The van der Waals surface area contributed by atoms with Gasteiger partial charge in [-0.25, -0.2) is 9.78 Å². The number of amides is 1. The highest BCUT2D eigenvalue weighted by Gasteiger charge is 2.65. The van der Waals surface area contributed by atoms with E-state index in [-0.39, 0.29) is 17.2 Å². The van der Waals surface area contributed by atoms with Crippen LogP contribution < -0.4 is 5.73 Å². The van der Waals surface area contributed by atoms with E-state index in [9.17, 15) is 22.8 Å². The van der Waals surface area contributed by atoms with Crippen LogP contribution in [0.15, 0.2) is 40.4 Å². The van der Waals surface area contributed by atoms with E-state index < -0.39 is 44.5 Å². The Morgan fingerprint density at radius 3 is 2.30 bits per heavy atom. The van der Waals surface area contributed by atoms with Crippen LogP contribution in [-0.2, 0) is 39.5 Å². The second-order valence-electron chi connectivity index (χ2n) is 10.5. The molecule has 4 rings (SSSR count). The number of carbonyl (C=O) groups is 3. The van der Waals surface area contributed by atoms with E-state index in [2.05, 4.69) is 9.97 Å². The number of nitrogens with zero attached hydrogens (tertiary/aromatic N) is 2. The molecular formula is C26H34N4O8S2. The molecule has 40 heavy (non-hydrogen) atoms. The van der Waals surface area contributed by atoms with Crippen molar-refractivity contribution >= 4 is 39.7 Å². The number of imidazole rings is 1. The van der Waals surface area contributed by atoms with Crippen LogP contribution in [0.2, 0.25) is 0 Å². The maximum Gasteiger partial charge on any atom is 0.355 e. The Bertz CT molecular complexity index is 1440. The largest absolute Gasteiger partial charge is 0.461 e. The zero-order valence-corrected chi connectivity index (χ0v) is 25.0. The summed E-state index contributed by atoms with van der Waals surface area (Å²) in [6.07, 6.45) is 0. The van der Waals surface area contributed by atoms with E-state index in [0.717, 1.165) is 17.0 Å². The van der Waals surface area contributed by atoms with Gasteiger partial charge in [-0.15, -0.1) is 11.8 Å². The third-order valence-electron chi connectivity index (χ3n) is 6.07. The Balaban J connectivity index is 0.000000336. The van der Waals surface area contributed by atoms with Crippen molar-refractivity contribution in [1.82, 2.24) is 14.9 Å². The number of nitrogens with one attached hydrogen (secondary N) is 1. The average Bonchev–Trinajstić information content (AvgIpc) is 3.18. The van der Waals surface area contributed by atoms with Gasteiger partial charge in [-0.2, -0.15) is 8.42 Å². The molecule has 3 heterocycles. The van der Waals surface area contributed by atoms with Gasteiger partial charge in [0.05, 0.1) is 10.6 Å². The number of carbonyl (C=O) groups excluding carboxylic acids is 3. The van der Waals surface area contributed by atoms with Gasteiger partial charge in [-0.3, -0.25) is 19.0 Å². The third kappa shape index (κ3) is 6.57. The topological polar surface area (TPSA) is 182 Å². The number of thioether (sulfide) groups is 1. The monoisotopic (exact) mass is 594 g/mol. The zero-order valence-electron chi connectivity index (χ0n) is 23.4. The molecule has 0 aliphatic carbocycles. The average molecular weight is 595 g/mol. The third-order valence-corrected chi connectivity index (χ3v) is 8.35. The Morgan fingerprint density at radius 2 is 1.82 bits per heavy atom. The van der Waals surface area contributed by atoms with Crippen LogP contribution >= 0.6 is 11.8 Å². The van der Waals surface area contributed by atoms with E-state index in [1.165, 1.54) is 35.7 Å². The smallest absolute Gasteiger partial charge is 0.355 e. The summed E-state index contributed by atoms with van der Waals surface area (Å²) in [7, 11) is -4.02. The highest BCUT2D eigenvalue weighted by atomic mass is 32.2. The van der Waals surface area contributed by atoms with Crippen molar-refractivity contribution in [2.75, 3.05) is 12.4 Å². The molecule has 2 aliphatic heterocycles. The molecule has 1 unspecified atom stereocenters. The van der Waals surface area contributed by atoms with Crippen LogP contribution in [0.5, 0.6) is 0 Å². The van der Waals surface area contributed by atoms with E-state index in [1.54, 1.807) is 32.9 Å². The Labute approximate surface area is 237 Å². The number of hydrogen-bond donors (Lipinski definition) is 3. The summed E-state index contributed by atoms with van der Waals surface area (Å²) >= 11 is 1.40. The summed E-state index contributed by atoms with van der Waals surface area (Å²) in [6.45, 7) is 11.9. The van der Waals surface area contributed by atoms with Crippen molar-refractivity contribution in [2.24, 2.45) is 5.73 Å². The summed E-state index contributed by atoms with van der Waals surface area (Å²) in [5, 5.41) is -0.524. The Morgan fingerprint density at radius 1 is 1.23 bits per heavy atom. The number of fused-ring (bicyclic) bond motifs is 1. The number of H-pyrrole nitrogens is 1. The van der Waals surface area contributed by atoms with Crippen molar-refractivity contribution in [3.63, 3.8) is 0 Å². The lowest BCUT2D eigenvalue weighted by molar-refractivity contribution is -0.162. The van der Waals surface area contributed by atoms with Gasteiger partial charge in [0.2, 0.25) is 0 Å². The van der Waals surface area contributed by atoms with Crippen LogP contribution in [-0.4, -0.2) is 69.0 Å².